The maximum atomic E-state index is 11.9. The molecule has 3 saturated heterocycles. The molecule has 0 aromatic heterocycles. The summed E-state index contributed by atoms with van der Waals surface area (Å²) in [5.74, 6) is 1.67. The number of aliphatic imine (C=N–C) groups is 1. The molecular formula is C20H32N6OS. The van der Waals surface area contributed by atoms with Crippen molar-refractivity contribution in [2.24, 2.45) is 4.99 Å². The van der Waals surface area contributed by atoms with Gasteiger partial charge in [-0.05, 0) is 12.1 Å². The van der Waals surface area contributed by atoms with Gasteiger partial charge in [-0.1, -0.05) is 18.2 Å². The first kappa shape index (κ1) is 21.0. The average molecular weight is 405 g/mol. The number of hydrogen-bond donors (Lipinski definition) is 2. The van der Waals surface area contributed by atoms with E-state index < -0.39 is 0 Å². The van der Waals surface area contributed by atoms with Gasteiger partial charge in [0.15, 0.2) is 5.96 Å². The minimum Gasteiger partial charge on any atom is -0.356 e. The van der Waals surface area contributed by atoms with E-state index in [9.17, 15) is 4.79 Å². The molecule has 3 heterocycles. The van der Waals surface area contributed by atoms with Gasteiger partial charge in [0.25, 0.3) is 0 Å². The number of carbonyl (C=O) groups is 1. The second-order valence-corrected chi connectivity index (χ2v) is 8.58. The Labute approximate surface area is 172 Å². The minimum absolute atomic E-state index is 0.00587. The lowest BCUT2D eigenvalue weighted by Crippen LogP contribution is -2.63. The molecule has 3 fully saturated rings. The summed E-state index contributed by atoms with van der Waals surface area (Å²) in [6.45, 7) is 7.59. The van der Waals surface area contributed by atoms with Gasteiger partial charge in [-0.25, -0.2) is 4.99 Å². The van der Waals surface area contributed by atoms with Crippen LogP contribution in [-0.2, 0) is 4.79 Å². The lowest BCUT2D eigenvalue weighted by Gasteiger charge is -2.47. The third kappa shape index (κ3) is 6.39. The number of amides is 1. The van der Waals surface area contributed by atoms with Gasteiger partial charge in [0, 0.05) is 76.6 Å². The van der Waals surface area contributed by atoms with E-state index >= 15 is 0 Å². The molecule has 1 amide bonds. The van der Waals surface area contributed by atoms with E-state index in [2.05, 4.69) is 49.7 Å². The number of fused-ring (bicyclic) bond motifs is 3. The summed E-state index contributed by atoms with van der Waals surface area (Å²) in [6, 6.07) is 10.9. The van der Waals surface area contributed by atoms with Gasteiger partial charge in [-0.2, -0.15) is 0 Å². The second kappa shape index (κ2) is 10.7. The molecule has 2 bridgehead atoms. The Morgan fingerprint density at radius 2 is 1.93 bits per heavy atom. The molecule has 0 spiro atoms. The first-order valence-corrected chi connectivity index (χ1v) is 11.0. The number of hydrogen-bond acceptors (Lipinski definition) is 5. The van der Waals surface area contributed by atoms with E-state index in [-0.39, 0.29) is 12.5 Å². The Balaban J connectivity index is 1.47. The van der Waals surface area contributed by atoms with Crippen molar-refractivity contribution in [1.29, 1.82) is 0 Å². The Hall–Kier alpha value is -1.77. The quantitative estimate of drug-likeness (QED) is 0.283. The molecule has 2 N–H and O–H groups in total. The molecule has 3 aliphatic rings. The lowest BCUT2D eigenvalue weighted by molar-refractivity contribution is -0.127. The molecule has 0 radical (unpaired) electrons. The number of benzene rings is 1. The van der Waals surface area contributed by atoms with Gasteiger partial charge >= 0.3 is 0 Å². The third-order valence-electron chi connectivity index (χ3n) is 5.18. The molecule has 28 heavy (non-hydrogen) atoms. The fourth-order valence-corrected chi connectivity index (χ4v) is 4.24. The summed E-state index contributed by atoms with van der Waals surface area (Å²) < 4.78 is 0. The molecule has 8 heteroatoms. The average Bonchev–Trinajstić information content (AvgIpc) is 2.73. The van der Waals surface area contributed by atoms with Crippen molar-refractivity contribution in [3.8, 4) is 0 Å². The molecule has 0 saturated carbocycles. The van der Waals surface area contributed by atoms with Crippen LogP contribution in [0.25, 0.3) is 0 Å². The van der Waals surface area contributed by atoms with E-state index in [1.807, 2.05) is 17.8 Å². The molecule has 7 nitrogen and oxygen atoms in total. The van der Waals surface area contributed by atoms with Crippen molar-refractivity contribution in [3.63, 3.8) is 0 Å². The first-order chi connectivity index (χ1) is 13.6. The van der Waals surface area contributed by atoms with Gasteiger partial charge in [0.2, 0.25) is 5.91 Å². The van der Waals surface area contributed by atoms with Crippen LogP contribution < -0.4 is 10.6 Å². The van der Waals surface area contributed by atoms with Crippen LogP contribution in [-0.4, -0.2) is 105 Å². The monoisotopic (exact) mass is 404 g/mol. The molecule has 154 valence electrons. The van der Waals surface area contributed by atoms with Gasteiger partial charge in [-0.15, -0.1) is 11.8 Å². The van der Waals surface area contributed by atoms with Crippen molar-refractivity contribution >= 4 is 23.6 Å². The highest BCUT2D eigenvalue weighted by atomic mass is 32.2. The number of likely N-dealkylation sites (N-methyl/N-ethyl adjacent to an activating group) is 1. The number of carbonyl (C=O) groups excluding carboxylic acids is 1. The summed E-state index contributed by atoms with van der Waals surface area (Å²) in [5.41, 5.74) is 0. The van der Waals surface area contributed by atoms with Crippen molar-refractivity contribution in [2.45, 2.75) is 10.9 Å². The van der Waals surface area contributed by atoms with E-state index in [0.717, 1.165) is 44.4 Å². The van der Waals surface area contributed by atoms with E-state index in [0.29, 0.717) is 6.04 Å². The molecule has 1 unspecified atom stereocenters. The third-order valence-corrected chi connectivity index (χ3v) is 6.19. The summed E-state index contributed by atoms with van der Waals surface area (Å²) in [5, 5.41) is 6.84. The van der Waals surface area contributed by atoms with Crippen LogP contribution in [0.1, 0.15) is 0 Å². The SMILES string of the molecule is CN(C)C(=O)CN=C(NCCSc1ccccc1)NCC1CN2CCN1CC2. The number of nitrogens with one attached hydrogen (secondary N) is 2. The van der Waals surface area contributed by atoms with E-state index in [4.69, 9.17) is 0 Å². The number of guanidine groups is 1. The van der Waals surface area contributed by atoms with E-state index in [1.54, 1.807) is 19.0 Å². The van der Waals surface area contributed by atoms with Crippen LogP contribution in [0.4, 0.5) is 0 Å². The molecule has 1 aromatic rings. The number of thioether (sulfide) groups is 1. The zero-order valence-corrected chi connectivity index (χ0v) is 17.7. The zero-order chi connectivity index (χ0) is 19.8. The molecule has 1 atom stereocenters. The van der Waals surface area contributed by atoms with Gasteiger partial charge < -0.3 is 15.5 Å². The molecule has 3 aliphatic heterocycles. The molecule has 0 aliphatic carbocycles. The highest BCUT2D eigenvalue weighted by Gasteiger charge is 2.31. The smallest absolute Gasteiger partial charge is 0.243 e. The Bertz CT molecular complexity index is 645. The van der Waals surface area contributed by atoms with Crippen LogP contribution >= 0.6 is 11.8 Å². The first-order valence-electron chi connectivity index (χ1n) is 9.98. The zero-order valence-electron chi connectivity index (χ0n) is 16.9. The van der Waals surface area contributed by atoms with Gasteiger partial charge in [-0.3, -0.25) is 14.6 Å². The van der Waals surface area contributed by atoms with E-state index in [1.165, 1.54) is 18.0 Å². The lowest BCUT2D eigenvalue weighted by atomic mass is 10.1. The van der Waals surface area contributed by atoms with Crippen LogP contribution in [0.2, 0.25) is 0 Å². The summed E-state index contributed by atoms with van der Waals surface area (Å²) in [4.78, 5) is 24.3. The molecule has 4 rings (SSSR count). The number of nitrogens with zero attached hydrogens (tertiary/aromatic N) is 4. The Kier molecular flexibility index (Phi) is 8.00. The van der Waals surface area contributed by atoms with Gasteiger partial charge in [0.05, 0.1) is 0 Å². The Morgan fingerprint density at radius 3 is 2.57 bits per heavy atom. The molecular weight excluding hydrogens is 372 g/mol. The number of piperazine rings is 3. The van der Waals surface area contributed by atoms with Crippen molar-refractivity contribution in [1.82, 2.24) is 25.3 Å². The second-order valence-electron chi connectivity index (χ2n) is 7.41. The topological polar surface area (TPSA) is 63.2 Å². The standard InChI is InChI=1S/C20H32N6OS/c1-24(2)19(27)15-23-20(21-8-13-28-18-6-4-3-5-7-18)22-14-17-16-25-9-11-26(17)12-10-25/h3-7,17H,8-16H2,1-2H3,(H2,21,22,23). The fraction of sp³-hybridized carbons (Fsp3) is 0.600. The predicted molar refractivity (Wildman–Crippen MR) is 116 cm³/mol. The highest BCUT2D eigenvalue weighted by molar-refractivity contribution is 7.99. The van der Waals surface area contributed by atoms with Crippen molar-refractivity contribution < 1.29 is 4.79 Å². The largest absolute Gasteiger partial charge is 0.356 e. The number of rotatable bonds is 8. The van der Waals surface area contributed by atoms with Crippen molar-refractivity contribution in [2.75, 3.05) is 72.2 Å². The summed E-state index contributed by atoms with van der Waals surface area (Å²) in [7, 11) is 3.52. The van der Waals surface area contributed by atoms with Crippen LogP contribution in [0.3, 0.4) is 0 Å². The van der Waals surface area contributed by atoms with Crippen LogP contribution in [0, 0.1) is 0 Å². The highest BCUT2D eigenvalue weighted by Crippen LogP contribution is 2.16. The van der Waals surface area contributed by atoms with Crippen molar-refractivity contribution in [3.05, 3.63) is 30.3 Å². The summed E-state index contributed by atoms with van der Waals surface area (Å²) in [6.07, 6.45) is 0. The fourth-order valence-electron chi connectivity index (χ4n) is 3.45. The maximum Gasteiger partial charge on any atom is 0.243 e. The van der Waals surface area contributed by atoms with Crippen LogP contribution in [0.15, 0.2) is 40.2 Å². The normalized spacial score (nSPS) is 24.1. The minimum atomic E-state index is 0.00587. The van der Waals surface area contributed by atoms with Crippen LogP contribution in [0.5, 0.6) is 0 Å². The molecule has 1 aromatic carbocycles. The summed E-state index contributed by atoms with van der Waals surface area (Å²) >= 11 is 1.81. The Morgan fingerprint density at radius 1 is 1.18 bits per heavy atom. The predicted octanol–water partition coefficient (Wildman–Crippen LogP) is 0.402. The van der Waals surface area contributed by atoms with Gasteiger partial charge in [0.1, 0.15) is 6.54 Å². The maximum absolute atomic E-state index is 11.9.